The number of hydrogen-bond acceptors (Lipinski definition) is 2. The summed E-state index contributed by atoms with van der Waals surface area (Å²) in [6.07, 6.45) is 4.95. The van der Waals surface area contributed by atoms with Crippen LogP contribution in [0.15, 0.2) is 36.4 Å². The van der Waals surface area contributed by atoms with Crippen LogP contribution < -0.4 is 10.2 Å². The van der Waals surface area contributed by atoms with Crippen LogP contribution in [0, 0.1) is 13.5 Å². The zero-order valence-corrected chi connectivity index (χ0v) is 17.7. The standard InChI is InChI=1S/C24H26ClN3O/c1-15-4-6-17(7-5-15)24(29)27-18-8-10-19(11-9-18)28-16(2)14-20-22(28)13-12-21(26-3)23(20)25/h4-7,12-13,16,18-19H,8-11,14H2,1-2H3,(H,27,29)/t16-,18?,19?/m0/s1. The van der Waals surface area contributed by atoms with Crippen molar-refractivity contribution in [1.82, 2.24) is 5.32 Å². The van der Waals surface area contributed by atoms with E-state index in [1.54, 1.807) is 0 Å². The molecule has 1 amide bonds. The van der Waals surface area contributed by atoms with E-state index in [1.807, 2.05) is 37.3 Å². The highest BCUT2D eigenvalue weighted by Gasteiger charge is 2.35. The van der Waals surface area contributed by atoms with Crippen LogP contribution in [0.4, 0.5) is 11.4 Å². The average Bonchev–Trinajstić information content (AvgIpc) is 3.06. The van der Waals surface area contributed by atoms with Crippen LogP contribution in [0.25, 0.3) is 4.85 Å². The molecule has 0 bridgehead atoms. The molecule has 29 heavy (non-hydrogen) atoms. The van der Waals surface area contributed by atoms with E-state index in [1.165, 1.54) is 5.69 Å². The Bertz CT molecular complexity index is 955. The summed E-state index contributed by atoms with van der Waals surface area (Å²) in [5.74, 6) is 0.0202. The first kappa shape index (κ1) is 19.8. The van der Waals surface area contributed by atoms with Crippen molar-refractivity contribution in [2.24, 2.45) is 0 Å². The van der Waals surface area contributed by atoms with Gasteiger partial charge in [-0.05, 0) is 69.7 Å². The number of carbonyl (C=O) groups excluding carboxylic acids is 1. The fourth-order valence-electron chi connectivity index (χ4n) is 4.78. The van der Waals surface area contributed by atoms with Gasteiger partial charge in [0, 0.05) is 29.4 Å². The first-order valence-electron chi connectivity index (χ1n) is 10.3. The van der Waals surface area contributed by atoms with Crippen molar-refractivity contribution < 1.29 is 4.79 Å². The summed E-state index contributed by atoms with van der Waals surface area (Å²) in [7, 11) is 0. The van der Waals surface area contributed by atoms with Crippen molar-refractivity contribution in [1.29, 1.82) is 0 Å². The Kier molecular flexibility index (Phi) is 5.52. The molecule has 4 rings (SSSR count). The second-order valence-electron chi connectivity index (χ2n) is 8.31. The van der Waals surface area contributed by atoms with E-state index < -0.39 is 0 Å². The highest BCUT2D eigenvalue weighted by atomic mass is 35.5. The van der Waals surface area contributed by atoms with Crippen molar-refractivity contribution in [2.45, 2.75) is 64.1 Å². The minimum absolute atomic E-state index is 0.0202. The van der Waals surface area contributed by atoms with Crippen molar-refractivity contribution in [3.05, 3.63) is 69.5 Å². The van der Waals surface area contributed by atoms with Gasteiger partial charge in [-0.3, -0.25) is 4.79 Å². The molecule has 150 valence electrons. The van der Waals surface area contributed by atoms with E-state index in [4.69, 9.17) is 18.2 Å². The summed E-state index contributed by atoms with van der Waals surface area (Å²) in [6.45, 7) is 11.5. The highest BCUT2D eigenvalue weighted by molar-refractivity contribution is 6.34. The molecular formula is C24H26ClN3O. The first-order valence-corrected chi connectivity index (χ1v) is 10.7. The van der Waals surface area contributed by atoms with Gasteiger partial charge in [-0.2, -0.15) is 0 Å². The number of nitrogens with one attached hydrogen (secondary N) is 1. The number of fused-ring (bicyclic) bond motifs is 1. The number of halogens is 1. The van der Waals surface area contributed by atoms with Crippen LogP contribution in [-0.4, -0.2) is 24.0 Å². The maximum atomic E-state index is 12.5. The van der Waals surface area contributed by atoms with Gasteiger partial charge in [-0.1, -0.05) is 35.4 Å². The highest BCUT2D eigenvalue weighted by Crippen LogP contribution is 2.44. The predicted octanol–water partition coefficient (Wildman–Crippen LogP) is 5.69. The molecule has 2 aliphatic rings. The van der Waals surface area contributed by atoms with Gasteiger partial charge in [0.15, 0.2) is 0 Å². The lowest BCUT2D eigenvalue weighted by Gasteiger charge is -2.39. The third-order valence-electron chi connectivity index (χ3n) is 6.31. The Morgan fingerprint density at radius 1 is 1.14 bits per heavy atom. The minimum Gasteiger partial charge on any atom is -0.365 e. The van der Waals surface area contributed by atoms with Crippen molar-refractivity contribution in [3.8, 4) is 0 Å². The Balaban J connectivity index is 1.40. The van der Waals surface area contributed by atoms with Gasteiger partial charge in [0.1, 0.15) is 0 Å². The topological polar surface area (TPSA) is 36.7 Å². The van der Waals surface area contributed by atoms with Crippen molar-refractivity contribution in [2.75, 3.05) is 4.90 Å². The summed E-state index contributed by atoms with van der Waals surface area (Å²) in [5, 5.41) is 3.83. The third-order valence-corrected chi connectivity index (χ3v) is 6.73. The normalized spacial score (nSPS) is 23.4. The Hall–Kier alpha value is -2.51. The summed E-state index contributed by atoms with van der Waals surface area (Å²) < 4.78 is 0. The average molecular weight is 408 g/mol. The number of benzene rings is 2. The van der Waals surface area contributed by atoms with Crippen LogP contribution in [0.5, 0.6) is 0 Å². The summed E-state index contributed by atoms with van der Waals surface area (Å²) in [6, 6.07) is 12.7. The van der Waals surface area contributed by atoms with E-state index in [9.17, 15) is 4.79 Å². The fourth-order valence-corrected chi connectivity index (χ4v) is 5.06. The molecule has 1 saturated carbocycles. The molecule has 0 radical (unpaired) electrons. The molecule has 1 atom stereocenters. The Labute approximate surface area is 177 Å². The van der Waals surface area contributed by atoms with Crippen LogP contribution in [0.3, 0.4) is 0 Å². The van der Waals surface area contributed by atoms with Crippen LogP contribution in [0.1, 0.15) is 54.1 Å². The second kappa shape index (κ2) is 8.08. The first-order chi connectivity index (χ1) is 14.0. The van der Waals surface area contributed by atoms with Gasteiger partial charge in [0.2, 0.25) is 5.69 Å². The minimum atomic E-state index is 0.0202. The lowest BCUT2D eigenvalue weighted by Crippen LogP contribution is -2.46. The van der Waals surface area contributed by atoms with Gasteiger partial charge < -0.3 is 10.2 Å². The number of nitrogens with zero attached hydrogens (tertiary/aromatic N) is 2. The number of amides is 1. The molecule has 5 heteroatoms. The zero-order chi connectivity index (χ0) is 20.5. The smallest absolute Gasteiger partial charge is 0.251 e. The van der Waals surface area contributed by atoms with Crippen molar-refractivity contribution >= 4 is 28.9 Å². The summed E-state index contributed by atoms with van der Waals surface area (Å²) >= 11 is 6.48. The van der Waals surface area contributed by atoms with Crippen LogP contribution in [-0.2, 0) is 6.42 Å². The number of aryl methyl sites for hydroxylation is 1. The van der Waals surface area contributed by atoms with E-state index in [2.05, 4.69) is 28.1 Å². The lowest BCUT2D eigenvalue weighted by atomic mass is 9.89. The van der Waals surface area contributed by atoms with Gasteiger partial charge in [-0.15, -0.1) is 0 Å². The maximum Gasteiger partial charge on any atom is 0.251 e. The van der Waals surface area contributed by atoms with Crippen LogP contribution >= 0.6 is 11.6 Å². The molecule has 1 fully saturated rings. The van der Waals surface area contributed by atoms with E-state index in [0.717, 1.165) is 48.8 Å². The molecule has 0 unspecified atom stereocenters. The molecule has 0 saturated heterocycles. The molecule has 2 aromatic rings. The molecule has 1 N–H and O–H groups in total. The van der Waals surface area contributed by atoms with E-state index in [-0.39, 0.29) is 11.9 Å². The molecule has 1 aliphatic carbocycles. The van der Waals surface area contributed by atoms with Crippen LogP contribution in [0.2, 0.25) is 5.02 Å². The van der Waals surface area contributed by atoms with E-state index >= 15 is 0 Å². The monoisotopic (exact) mass is 407 g/mol. The largest absolute Gasteiger partial charge is 0.365 e. The van der Waals surface area contributed by atoms with Gasteiger partial charge >= 0.3 is 0 Å². The Morgan fingerprint density at radius 2 is 1.83 bits per heavy atom. The quantitative estimate of drug-likeness (QED) is 0.663. The number of carbonyl (C=O) groups is 1. The molecule has 4 nitrogen and oxygen atoms in total. The number of anilines is 1. The number of rotatable bonds is 3. The molecule has 1 aliphatic heterocycles. The molecular weight excluding hydrogens is 382 g/mol. The second-order valence-corrected chi connectivity index (χ2v) is 8.69. The van der Waals surface area contributed by atoms with E-state index in [0.29, 0.717) is 22.8 Å². The zero-order valence-electron chi connectivity index (χ0n) is 16.9. The fraction of sp³-hybridized carbons (Fsp3) is 0.417. The Morgan fingerprint density at radius 3 is 2.48 bits per heavy atom. The third kappa shape index (κ3) is 3.84. The molecule has 0 spiro atoms. The van der Waals surface area contributed by atoms with Gasteiger partial charge in [-0.25, -0.2) is 4.85 Å². The summed E-state index contributed by atoms with van der Waals surface area (Å²) in [5.41, 5.74) is 4.72. The SMILES string of the molecule is [C-]#[N+]c1ccc2c(c1Cl)C[C@H](C)N2C1CCC(NC(=O)c2ccc(C)cc2)CC1. The summed E-state index contributed by atoms with van der Waals surface area (Å²) in [4.78, 5) is 18.5. The predicted molar refractivity (Wildman–Crippen MR) is 118 cm³/mol. The lowest BCUT2D eigenvalue weighted by molar-refractivity contribution is 0.0925. The maximum absolute atomic E-state index is 12.5. The number of hydrogen-bond donors (Lipinski definition) is 1. The molecule has 1 heterocycles. The van der Waals surface area contributed by atoms with Crippen molar-refractivity contribution in [3.63, 3.8) is 0 Å². The molecule has 0 aromatic heterocycles. The van der Waals surface area contributed by atoms with Gasteiger partial charge in [0.05, 0.1) is 11.6 Å². The molecule has 2 aromatic carbocycles. The van der Waals surface area contributed by atoms with Gasteiger partial charge in [0.25, 0.3) is 5.91 Å².